The van der Waals surface area contributed by atoms with Crippen molar-refractivity contribution in [1.82, 2.24) is 24.7 Å². The lowest BCUT2D eigenvalue weighted by Gasteiger charge is -2.20. The van der Waals surface area contributed by atoms with Gasteiger partial charge in [0.2, 0.25) is 17.8 Å². The van der Waals surface area contributed by atoms with Crippen molar-refractivity contribution < 1.29 is 4.74 Å². The molecule has 0 radical (unpaired) electrons. The molecule has 1 aliphatic carbocycles. The molecule has 1 aliphatic rings. The molecule has 2 aromatic rings. The molecule has 0 bridgehead atoms. The summed E-state index contributed by atoms with van der Waals surface area (Å²) in [5.74, 6) is 1.11. The molecule has 1 fully saturated rings. The maximum Gasteiger partial charge on any atom is 0.330 e. The Labute approximate surface area is 139 Å². The van der Waals surface area contributed by atoms with Crippen LogP contribution in [0, 0.1) is 0 Å². The molecule has 9 heteroatoms. The lowest BCUT2D eigenvalue weighted by atomic mass is 10.1. The van der Waals surface area contributed by atoms with E-state index in [1.807, 2.05) is 20.8 Å². The van der Waals surface area contributed by atoms with E-state index in [-0.39, 0.29) is 23.0 Å². The van der Waals surface area contributed by atoms with Crippen molar-refractivity contribution in [1.29, 1.82) is 0 Å². The predicted octanol–water partition coefficient (Wildman–Crippen LogP) is 1.54. The summed E-state index contributed by atoms with van der Waals surface area (Å²) in [7, 11) is 1.55. The fraction of sp³-hybridized carbons (Fsp3) is 0.533. The summed E-state index contributed by atoms with van der Waals surface area (Å²) in [4.78, 5) is 24.3. The number of ether oxygens (including phenoxy) is 1. The second-order valence-corrected chi connectivity index (χ2v) is 6.79. The Balaban J connectivity index is 1.87. The summed E-state index contributed by atoms with van der Waals surface area (Å²) in [6.07, 6.45) is 2.21. The van der Waals surface area contributed by atoms with Crippen molar-refractivity contribution in [2.75, 3.05) is 10.6 Å². The summed E-state index contributed by atoms with van der Waals surface area (Å²) in [6, 6.07) is 3.38. The molecule has 0 aliphatic heterocycles. The lowest BCUT2D eigenvalue weighted by molar-refractivity contribution is 0.406. The third-order valence-corrected chi connectivity index (χ3v) is 3.14. The lowest BCUT2D eigenvalue weighted by Crippen LogP contribution is -2.28. The Morgan fingerprint density at radius 1 is 1.17 bits per heavy atom. The quantitative estimate of drug-likeness (QED) is 0.849. The smallest absolute Gasteiger partial charge is 0.330 e. The van der Waals surface area contributed by atoms with E-state index < -0.39 is 0 Å². The molecular weight excluding hydrogens is 310 g/mol. The van der Waals surface area contributed by atoms with Crippen LogP contribution in [0.4, 0.5) is 11.9 Å². The molecule has 0 aromatic carbocycles. The van der Waals surface area contributed by atoms with Gasteiger partial charge in [0.25, 0.3) is 5.56 Å². The molecule has 0 atom stereocenters. The average Bonchev–Trinajstić information content (AvgIpc) is 3.24. The monoisotopic (exact) mass is 331 g/mol. The van der Waals surface area contributed by atoms with Crippen LogP contribution in [-0.4, -0.2) is 36.3 Å². The molecule has 1 saturated carbocycles. The Bertz CT molecular complexity index is 793. The number of nitrogens with one attached hydrogen (secondary N) is 2. The van der Waals surface area contributed by atoms with Crippen LogP contribution >= 0.6 is 0 Å². The van der Waals surface area contributed by atoms with Crippen LogP contribution in [0.1, 0.15) is 33.6 Å². The highest BCUT2D eigenvalue weighted by molar-refractivity contribution is 5.39. The molecule has 0 saturated heterocycles. The van der Waals surface area contributed by atoms with Gasteiger partial charge in [-0.25, -0.2) is 4.68 Å². The largest absolute Gasteiger partial charge is 0.403 e. The van der Waals surface area contributed by atoms with Gasteiger partial charge in [-0.1, -0.05) is 0 Å². The van der Waals surface area contributed by atoms with Crippen molar-refractivity contribution in [3.8, 4) is 11.9 Å². The van der Waals surface area contributed by atoms with Crippen LogP contribution in [-0.2, 0) is 7.05 Å². The third kappa shape index (κ3) is 4.40. The van der Waals surface area contributed by atoms with E-state index in [4.69, 9.17) is 4.74 Å². The first kappa shape index (κ1) is 16.2. The van der Waals surface area contributed by atoms with E-state index in [0.717, 1.165) is 12.8 Å². The standard InChI is InChI=1S/C15H21N7O2/c1-15(2,3)20-13-17-12(16-9-5-6-9)18-14(19-13)24-10-7-8-11(23)22(4)21-10/h7-9H,5-6H2,1-4H3,(H2,16,17,18,19,20). The van der Waals surface area contributed by atoms with Gasteiger partial charge in [-0.2, -0.15) is 15.0 Å². The summed E-state index contributed by atoms with van der Waals surface area (Å²) >= 11 is 0. The molecule has 2 aromatic heterocycles. The van der Waals surface area contributed by atoms with Gasteiger partial charge in [0.15, 0.2) is 0 Å². The van der Waals surface area contributed by atoms with Gasteiger partial charge in [-0.15, -0.1) is 5.10 Å². The summed E-state index contributed by atoms with van der Waals surface area (Å²) in [5, 5.41) is 10.5. The molecule has 24 heavy (non-hydrogen) atoms. The van der Waals surface area contributed by atoms with Crippen LogP contribution in [0.3, 0.4) is 0 Å². The number of aromatic nitrogens is 5. The number of hydrogen-bond acceptors (Lipinski definition) is 8. The summed E-state index contributed by atoms with van der Waals surface area (Å²) in [6.45, 7) is 6.04. The topological polar surface area (TPSA) is 107 Å². The predicted molar refractivity (Wildman–Crippen MR) is 89.4 cm³/mol. The van der Waals surface area contributed by atoms with Crippen LogP contribution in [0.5, 0.6) is 11.9 Å². The minimum Gasteiger partial charge on any atom is -0.403 e. The average molecular weight is 331 g/mol. The molecule has 9 nitrogen and oxygen atoms in total. The van der Waals surface area contributed by atoms with Gasteiger partial charge < -0.3 is 15.4 Å². The summed E-state index contributed by atoms with van der Waals surface area (Å²) in [5.41, 5.74) is -0.422. The first-order chi connectivity index (χ1) is 11.3. The number of aryl methyl sites for hydroxylation is 1. The SMILES string of the molecule is Cn1nc(Oc2nc(NC3CC3)nc(NC(C)(C)C)n2)ccc1=O. The second kappa shape index (κ2) is 6.06. The molecule has 0 amide bonds. The van der Waals surface area contributed by atoms with Gasteiger partial charge in [0, 0.05) is 30.8 Å². The zero-order valence-electron chi connectivity index (χ0n) is 14.2. The maximum absolute atomic E-state index is 11.4. The number of nitrogens with zero attached hydrogens (tertiary/aromatic N) is 5. The van der Waals surface area contributed by atoms with Gasteiger partial charge in [0.1, 0.15) is 0 Å². The van der Waals surface area contributed by atoms with Gasteiger partial charge in [-0.3, -0.25) is 4.79 Å². The first-order valence-electron chi connectivity index (χ1n) is 7.81. The van der Waals surface area contributed by atoms with E-state index in [1.54, 1.807) is 7.05 Å². The molecule has 0 spiro atoms. The number of rotatable bonds is 5. The Morgan fingerprint density at radius 3 is 2.50 bits per heavy atom. The third-order valence-electron chi connectivity index (χ3n) is 3.14. The minimum atomic E-state index is -0.218. The number of hydrogen-bond donors (Lipinski definition) is 2. The van der Waals surface area contributed by atoms with Crippen molar-refractivity contribution in [3.63, 3.8) is 0 Å². The van der Waals surface area contributed by atoms with Crippen LogP contribution in [0.25, 0.3) is 0 Å². The van der Waals surface area contributed by atoms with Gasteiger partial charge in [-0.05, 0) is 33.6 Å². The van der Waals surface area contributed by atoms with Crippen molar-refractivity contribution in [3.05, 3.63) is 22.5 Å². The fourth-order valence-electron chi connectivity index (χ4n) is 1.90. The first-order valence-corrected chi connectivity index (χ1v) is 7.81. The van der Waals surface area contributed by atoms with Crippen LogP contribution in [0.2, 0.25) is 0 Å². The van der Waals surface area contributed by atoms with E-state index in [0.29, 0.717) is 17.9 Å². The molecule has 2 N–H and O–H groups in total. The Hall–Kier alpha value is -2.71. The van der Waals surface area contributed by atoms with E-state index in [1.165, 1.54) is 16.8 Å². The molecule has 2 heterocycles. The highest BCUT2D eigenvalue weighted by atomic mass is 16.5. The minimum absolute atomic E-state index is 0.117. The Morgan fingerprint density at radius 2 is 1.88 bits per heavy atom. The van der Waals surface area contributed by atoms with Crippen LogP contribution in [0.15, 0.2) is 16.9 Å². The molecule has 0 unspecified atom stereocenters. The van der Waals surface area contributed by atoms with Crippen molar-refractivity contribution >= 4 is 11.9 Å². The molecule has 128 valence electrons. The summed E-state index contributed by atoms with van der Waals surface area (Å²) < 4.78 is 6.79. The zero-order valence-corrected chi connectivity index (χ0v) is 14.2. The number of anilines is 2. The normalized spacial score (nSPS) is 14.3. The zero-order chi connectivity index (χ0) is 17.3. The second-order valence-electron chi connectivity index (χ2n) is 6.79. The van der Waals surface area contributed by atoms with Gasteiger partial charge in [0.05, 0.1) is 0 Å². The van der Waals surface area contributed by atoms with E-state index >= 15 is 0 Å². The maximum atomic E-state index is 11.4. The fourth-order valence-corrected chi connectivity index (χ4v) is 1.90. The van der Waals surface area contributed by atoms with Crippen LogP contribution < -0.4 is 20.9 Å². The highest BCUT2D eigenvalue weighted by Crippen LogP contribution is 2.25. The Kier molecular flexibility index (Phi) is 4.08. The molecule has 3 rings (SSSR count). The van der Waals surface area contributed by atoms with Crippen molar-refractivity contribution in [2.24, 2.45) is 7.05 Å². The van der Waals surface area contributed by atoms with E-state index in [9.17, 15) is 4.79 Å². The highest BCUT2D eigenvalue weighted by Gasteiger charge is 2.23. The van der Waals surface area contributed by atoms with E-state index in [2.05, 4.69) is 30.7 Å². The molecular formula is C15H21N7O2. The van der Waals surface area contributed by atoms with Crippen molar-refractivity contribution in [2.45, 2.75) is 45.2 Å². The van der Waals surface area contributed by atoms with Gasteiger partial charge >= 0.3 is 6.01 Å².